The minimum Gasteiger partial charge on any atom is -0.383 e. The summed E-state index contributed by atoms with van der Waals surface area (Å²) in [5, 5.41) is 6.11. The third-order valence-electron chi connectivity index (χ3n) is 5.67. The maximum absolute atomic E-state index is 12.7. The molecule has 1 aliphatic heterocycles. The molecule has 7 nitrogen and oxygen atoms in total. The van der Waals surface area contributed by atoms with Crippen molar-refractivity contribution in [2.45, 2.75) is 25.8 Å². The number of carbonyl (C=O) groups excluding carboxylic acids is 2. The molecule has 1 aliphatic carbocycles. The molecule has 3 rings (SSSR count). The predicted molar refractivity (Wildman–Crippen MR) is 113 cm³/mol. The van der Waals surface area contributed by atoms with Gasteiger partial charge in [-0.3, -0.25) is 19.4 Å². The Balaban J connectivity index is 1.40. The van der Waals surface area contributed by atoms with Crippen molar-refractivity contribution in [3.8, 4) is 0 Å². The third-order valence-corrected chi connectivity index (χ3v) is 5.67. The molecule has 160 valence electrons. The van der Waals surface area contributed by atoms with Crippen LogP contribution in [-0.2, 0) is 14.3 Å². The lowest BCUT2D eigenvalue weighted by atomic mass is 10.0. The van der Waals surface area contributed by atoms with Gasteiger partial charge in [-0.1, -0.05) is 29.8 Å². The Hall–Kier alpha value is -1.96. The second-order valence-corrected chi connectivity index (χ2v) is 8.19. The number of benzene rings is 1. The molecular weight excluding hydrogens is 368 g/mol. The zero-order chi connectivity index (χ0) is 20.6. The quantitative estimate of drug-likeness (QED) is 0.570. The lowest BCUT2D eigenvalue weighted by Gasteiger charge is -2.34. The average molecular weight is 403 g/mol. The number of hydrogen-bond donors (Lipinski definition) is 2. The summed E-state index contributed by atoms with van der Waals surface area (Å²) in [5.74, 6) is 0.682. The lowest BCUT2D eigenvalue weighted by Crippen LogP contribution is -2.51. The van der Waals surface area contributed by atoms with E-state index in [1.807, 2.05) is 0 Å². The van der Waals surface area contributed by atoms with Crippen LogP contribution in [0.4, 0.5) is 0 Å². The molecule has 2 fully saturated rings. The Morgan fingerprint density at radius 1 is 1.03 bits per heavy atom. The van der Waals surface area contributed by atoms with Crippen LogP contribution in [0.3, 0.4) is 0 Å². The zero-order valence-electron chi connectivity index (χ0n) is 17.7. The Labute approximate surface area is 173 Å². The number of piperazine rings is 1. The number of methoxy groups -OCH3 is 1. The van der Waals surface area contributed by atoms with Gasteiger partial charge in [-0.2, -0.15) is 0 Å². The van der Waals surface area contributed by atoms with E-state index in [4.69, 9.17) is 4.74 Å². The van der Waals surface area contributed by atoms with E-state index >= 15 is 0 Å². The largest absolute Gasteiger partial charge is 0.383 e. The van der Waals surface area contributed by atoms with E-state index in [0.717, 1.165) is 26.2 Å². The predicted octanol–water partition coefficient (Wildman–Crippen LogP) is 0.943. The molecule has 0 radical (unpaired) electrons. The summed E-state index contributed by atoms with van der Waals surface area (Å²) in [4.78, 5) is 28.9. The van der Waals surface area contributed by atoms with E-state index in [9.17, 15) is 9.59 Å². The van der Waals surface area contributed by atoms with Gasteiger partial charge < -0.3 is 15.4 Å². The van der Waals surface area contributed by atoms with Gasteiger partial charge in [-0.05, 0) is 31.2 Å². The monoisotopic (exact) mass is 402 g/mol. The second-order valence-electron chi connectivity index (χ2n) is 8.19. The Morgan fingerprint density at radius 3 is 2.17 bits per heavy atom. The van der Waals surface area contributed by atoms with Gasteiger partial charge in [0.05, 0.1) is 25.7 Å². The molecule has 2 amide bonds. The molecule has 1 aromatic rings. The molecule has 1 saturated carbocycles. The number of nitrogens with zero attached hydrogens (tertiary/aromatic N) is 2. The third kappa shape index (κ3) is 7.10. The Kier molecular flexibility index (Phi) is 8.03. The molecule has 7 heteroatoms. The van der Waals surface area contributed by atoms with Crippen LogP contribution < -0.4 is 10.6 Å². The number of carbonyl (C=O) groups is 2. The number of aryl methyl sites for hydroxylation is 1. The van der Waals surface area contributed by atoms with Crippen LogP contribution in [0, 0.1) is 12.8 Å². The first-order valence-electron chi connectivity index (χ1n) is 10.6. The van der Waals surface area contributed by atoms with Crippen molar-refractivity contribution in [2.75, 3.05) is 59.5 Å². The van der Waals surface area contributed by atoms with Crippen molar-refractivity contribution in [2.24, 2.45) is 5.92 Å². The van der Waals surface area contributed by atoms with Crippen LogP contribution in [-0.4, -0.2) is 81.1 Å². The van der Waals surface area contributed by atoms with Crippen molar-refractivity contribution in [1.29, 1.82) is 0 Å². The summed E-state index contributed by atoms with van der Waals surface area (Å²) < 4.78 is 4.94. The van der Waals surface area contributed by atoms with Gasteiger partial charge in [0.25, 0.3) is 0 Å². The van der Waals surface area contributed by atoms with Crippen molar-refractivity contribution >= 4 is 11.8 Å². The minimum absolute atomic E-state index is 0.0265. The van der Waals surface area contributed by atoms with Crippen LogP contribution in [0.1, 0.15) is 30.0 Å². The van der Waals surface area contributed by atoms with E-state index in [-0.39, 0.29) is 17.9 Å². The number of hydrogen-bond acceptors (Lipinski definition) is 5. The topological polar surface area (TPSA) is 73.9 Å². The first kappa shape index (κ1) is 21.7. The number of nitrogens with one attached hydrogen (secondary N) is 2. The van der Waals surface area contributed by atoms with Gasteiger partial charge in [0.15, 0.2) is 0 Å². The van der Waals surface area contributed by atoms with Gasteiger partial charge in [-0.15, -0.1) is 0 Å². The van der Waals surface area contributed by atoms with Gasteiger partial charge in [0.2, 0.25) is 11.8 Å². The molecule has 2 aliphatic rings. The second kappa shape index (κ2) is 10.7. The molecule has 0 bridgehead atoms. The van der Waals surface area contributed by atoms with Crippen LogP contribution >= 0.6 is 0 Å². The van der Waals surface area contributed by atoms with Crippen molar-refractivity contribution in [3.05, 3.63) is 35.4 Å². The molecular formula is C22H34N4O3. The van der Waals surface area contributed by atoms with Crippen molar-refractivity contribution in [1.82, 2.24) is 20.4 Å². The molecule has 1 heterocycles. The summed E-state index contributed by atoms with van der Waals surface area (Å²) in [6.07, 6.45) is 2.37. The zero-order valence-corrected chi connectivity index (χ0v) is 17.7. The molecule has 2 N–H and O–H groups in total. The first-order valence-corrected chi connectivity index (χ1v) is 10.6. The highest BCUT2D eigenvalue weighted by atomic mass is 16.5. The molecule has 1 atom stereocenters. The fourth-order valence-corrected chi connectivity index (χ4v) is 3.76. The van der Waals surface area contributed by atoms with Crippen LogP contribution in [0.15, 0.2) is 24.3 Å². The fourth-order valence-electron chi connectivity index (χ4n) is 3.76. The van der Waals surface area contributed by atoms with Gasteiger partial charge >= 0.3 is 0 Å². The standard InChI is InChI=1S/C22H34N4O3/c1-17-3-5-18(6-4-17)22(19-7-8-19)24-21(28)16-26-12-10-25(11-13-26)15-20(27)23-9-14-29-2/h3-6,19,22H,7-16H2,1-2H3,(H,23,27)(H,24,28). The highest BCUT2D eigenvalue weighted by Gasteiger charge is 2.33. The van der Waals surface area contributed by atoms with Crippen LogP contribution in [0.5, 0.6) is 0 Å². The van der Waals surface area contributed by atoms with Gasteiger partial charge in [0.1, 0.15) is 0 Å². The summed E-state index contributed by atoms with van der Waals surface area (Å²) in [6, 6.07) is 8.62. The van der Waals surface area contributed by atoms with Gasteiger partial charge in [0, 0.05) is 39.8 Å². The van der Waals surface area contributed by atoms with E-state index < -0.39 is 0 Å². The summed E-state index contributed by atoms with van der Waals surface area (Å²) in [7, 11) is 1.62. The van der Waals surface area contributed by atoms with Crippen molar-refractivity contribution < 1.29 is 14.3 Å². The highest BCUT2D eigenvalue weighted by molar-refractivity contribution is 5.79. The normalized spacial score (nSPS) is 19.0. The molecule has 0 spiro atoms. The van der Waals surface area contributed by atoms with Crippen molar-refractivity contribution in [3.63, 3.8) is 0 Å². The maximum atomic E-state index is 12.7. The average Bonchev–Trinajstić information content (AvgIpc) is 3.54. The van der Waals surface area contributed by atoms with E-state index in [1.165, 1.54) is 24.0 Å². The first-order chi connectivity index (χ1) is 14.0. The summed E-state index contributed by atoms with van der Waals surface area (Å²) in [5.41, 5.74) is 2.44. The molecule has 29 heavy (non-hydrogen) atoms. The minimum atomic E-state index is 0.0265. The van der Waals surface area contributed by atoms with Crippen LogP contribution in [0.2, 0.25) is 0 Å². The highest BCUT2D eigenvalue weighted by Crippen LogP contribution is 2.41. The molecule has 1 saturated heterocycles. The fraction of sp³-hybridized carbons (Fsp3) is 0.636. The molecule has 0 aromatic heterocycles. The number of rotatable bonds is 10. The lowest BCUT2D eigenvalue weighted by molar-refractivity contribution is -0.125. The molecule has 1 aromatic carbocycles. The smallest absolute Gasteiger partial charge is 0.234 e. The van der Waals surface area contributed by atoms with Crippen LogP contribution in [0.25, 0.3) is 0 Å². The SMILES string of the molecule is COCCNC(=O)CN1CCN(CC(=O)NC(c2ccc(C)cc2)C2CC2)CC1. The Morgan fingerprint density at radius 2 is 1.62 bits per heavy atom. The van der Waals surface area contributed by atoms with E-state index in [1.54, 1.807) is 7.11 Å². The Bertz CT molecular complexity index is 667. The maximum Gasteiger partial charge on any atom is 0.234 e. The summed E-state index contributed by atoms with van der Waals surface area (Å²) >= 11 is 0. The van der Waals surface area contributed by atoms with E-state index in [0.29, 0.717) is 32.2 Å². The number of amides is 2. The van der Waals surface area contributed by atoms with Gasteiger partial charge in [-0.25, -0.2) is 0 Å². The summed E-state index contributed by atoms with van der Waals surface area (Å²) in [6.45, 7) is 7.18. The van der Waals surface area contributed by atoms with E-state index in [2.05, 4.69) is 51.6 Å². The number of ether oxygens (including phenoxy) is 1. The molecule has 1 unspecified atom stereocenters.